The first-order valence-corrected chi connectivity index (χ1v) is 7.35. The van der Waals surface area contributed by atoms with Crippen molar-refractivity contribution in [3.8, 4) is 11.5 Å². The van der Waals surface area contributed by atoms with Gasteiger partial charge in [0, 0.05) is 10.9 Å². The number of rotatable bonds is 2. The van der Waals surface area contributed by atoms with E-state index in [9.17, 15) is 9.90 Å². The van der Waals surface area contributed by atoms with Crippen molar-refractivity contribution in [1.29, 1.82) is 0 Å². The zero-order valence-corrected chi connectivity index (χ0v) is 12.9. The van der Waals surface area contributed by atoms with Gasteiger partial charge in [-0.15, -0.1) is 0 Å². The summed E-state index contributed by atoms with van der Waals surface area (Å²) in [4.78, 5) is 16.6. The smallest absolute Gasteiger partial charge is 0.349 e. The molecule has 0 saturated heterocycles. The van der Waals surface area contributed by atoms with Crippen molar-refractivity contribution in [2.45, 2.75) is 6.92 Å². The van der Waals surface area contributed by atoms with Crippen molar-refractivity contribution < 1.29 is 13.9 Å². The van der Waals surface area contributed by atoms with Crippen LogP contribution in [0.15, 0.2) is 62.7 Å². The van der Waals surface area contributed by atoms with E-state index in [2.05, 4.69) is 11.6 Å². The molecule has 0 radical (unpaired) electrons. The maximum absolute atomic E-state index is 12.3. The lowest BCUT2D eigenvalue weighted by molar-refractivity contribution is 0.514. The van der Waals surface area contributed by atoms with Gasteiger partial charge in [-0.25, -0.2) is 9.78 Å². The molecule has 118 valence electrons. The molecule has 24 heavy (non-hydrogen) atoms. The molecule has 4 aromatic rings. The molecule has 0 atom stereocenters. The molecule has 0 unspecified atom stereocenters. The number of aliphatic hydroxyl groups is 1. The van der Waals surface area contributed by atoms with Gasteiger partial charge < -0.3 is 13.9 Å². The van der Waals surface area contributed by atoms with E-state index in [-0.39, 0.29) is 17.2 Å². The Labute approximate surface area is 136 Å². The Balaban J connectivity index is 1.92. The van der Waals surface area contributed by atoms with E-state index in [0.717, 1.165) is 10.9 Å². The highest BCUT2D eigenvalue weighted by molar-refractivity contribution is 5.83. The van der Waals surface area contributed by atoms with E-state index in [4.69, 9.17) is 8.83 Å². The van der Waals surface area contributed by atoms with Crippen molar-refractivity contribution in [3.63, 3.8) is 0 Å². The maximum atomic E-state index is 12.3. The van der Waals surface area contributed by atoms with Gasteiger partial charge in [-0.05, 0) is 42.8 Å². The van der Waals surface area contributed by atoms with Crippen LogP contribution in [0.1, 0.15) is 11.1 Å². The highest BCUT2D eigenvalue weighted by atomic mass is 16.4. The summed E-state index contributed by atoms with van der Waals surface area (Å²) < 4.78 is 11.0. The van der Waals surface area contributed by atoms with Crippen molar-refractivity contribution in [3.05, 3.63) is 70.6 Å². The summed E-state index contributed by atoms with van der Waals surface area (Å²) in [5.41, 5.74) is 2.87. The second kappa shape index (κ2) is 5.09. The Kier molecular flexibility index (Phi) is 3.03. The number of nitrogens with zero attached hydrogens (tertiary/aromatic N) is 1. The Morgan fingerprint density at radius 2 is 1.92 bits per heavy atom. The zero-order chi connectivity index (χ0) is 16.8. The maximum Gasteiger partial charge on any atom is 0.349 e. The second-order valence-electron chi connectivity index (χ2n) is 5.64. The van der Waals surface area contributed by atoms with Crippen LogP contribution in [0.4, 0.5) is 0 Å². The minimum absolute atomic E-state index is 0.0537. The molecular formula is C19H13NO4. The molecular weight excluding hydrogens is 306 g/mol. The van der Waals surface area contributed by atoms with E-state index in [0.29, 0.717) is 22.2 Å². The van der Waals surface area contributed by atoms with Gasteiger partial charge in [0.25, 0.3) is 0 Å². The summed E-state index contributed by atoms with van der Waals surface area (Å²) >= 11 is 0. The first kappa shape index (κ1) is 14.3. The van der Waals surface area contributed by atoms with Gasteiger partial charge in [-0.2, -0.15) is 0 Å². The molecule has 0 fully saturated rings. The SMILES string of the molecule is C=C(O)c1ccc2oc(-c3cc4ccc(C)cc4oc3=O)nc2c1. The third kappa shape index (κ3) is 2.27. The Morgan fingerprint density at radius 1 is 1.08 bits per heavy atom. The lowest BCUT2D eigenvalue weighted by Gasteiger charge is -2.00. The van der Waals surface area contributed by atoms with E-state index >= 15 is 0 Å². The van der Waals surface area contributed by atoms with Crippen LogP contribution in [-0.2, 0) is 0 Å². The fourth-order valence-electron chi connectivity index (χ4n) is 2.59. The number of hydrogen-bond acceptors (Lipinski definition) is 5. The van der Waals surface area contributed by atoms with Crippen molar-refractivity contribution in [2.75, 3.05) is 0 Å². The highest BCUT2D eigenvalue weighted by Crippen LogP contribution is 2.26. The molecule has 1 N–H and O–H groups in total. The average molecular weight is 319 g/mol. The molecule has 0 aliphatic carbocycles. The molecule has 0 amide bonds. The van der Waals surface area contributed by atoms with Crippen molar-refractivity contribution >= 4 is 27.8 Å². The number of oxazole rings is 1. The number of aliphatic hydroxyl groups excluding tert-OH is 1. The summed E-state index contributed by atoms with van der Waals surface area (Å²) in [5.74, 6) is 0.129. The molecule has 2 aromatic carbocycles. The van der Waals surface area contributed by atoms with Crippen LogP contribution < -0.4 is 5.63 Å². The minimum atomic E-state index is -0.508. The normalized spacial score (nSPS) is 11.2. The van der Waals surface area contributed by atoms with Crippen LogP contribution in [-0.4, -0.2) is 10.1 Å². The molecule has 2 heterocycles. The van der Waals surface area contributed by atoms with Gasteiger partial charge in [0.2, 0.25) is 5.89 Å². The molecule has 0 bridgehead atoms. The first-order chi connectivity index (χ1) is 11.5. The van der Waals surface area contributed by atoms with Crippen LogP contribution in [0.3, 0.4) is 0 Å². The van der Waals surface area contributed by atoms with Crippen molar-refractivity contribution in [1.82, 2.24) is 4.98 Å². The monoisotopic (exact) mass is 319 g/mol. The predicted octanol–water partition coefficient (Wildman–Crippen LogP) is 4.44. The summed E-state index contributed by atoms with van der Waals surface area (Å²) in [6, 6.07) is 12.3. The third-order valence-corrected chi connectivity index (χ3v) is 3.84. The summed E-state index contributed by atoms with van der Waals surface area (Å²) in [6.07, 6.45) is 0. The van der Waals surface area contributed by atoms with Gasteiger partial charge in [0.15, 0.2) is 5.58 Å². The fourth-order valence-corrected chi connectivity index (χ4v) is 2.59. The van der Waals surface area contributed by atoms with Crippen LogP contribution in [0.5, 0.6) is 0 Å². The third-order valence-electron chi connectivity index (χ3n) is 3.84. The Hall–Kier alpha value is -3.34. The van der Waals surface area contributed by atoms with E-state index in [1.807, 2.05) is 25.1 Å². The minimum Gasteiger partial charge on any atom is -0.508 e. The summed E-state index contributed by atoms with van der Waals surface area (Å²) in [6.45, 7) is 5.42. The molecule has 0 aliphatic heterocycles. The Bertz CT molecular complexity index is 1170. The summed E-state index contributed by atoms with van der Waals surface area (Å²) in [5, 5.41) is 10.3. The quantitative estimate of drug-likeness (QED) is 0.436. The van der Waals surface area contributed by atoms with E-state index in [1.165, 1.54) is 0 Å². The van der Waals surface area contributed by atoms with Gasteiger partial charge >= 0.3 is 5.63 Å². The van der Waals surface area contributed by atoms with Crippen LogP contribution >= 0.6 is 0 Å². The molecule has 0 saturated carbocycles. The van der Waals surface area contributed by atoms with E-state index in [1.54, 1.807) is 24.3 Å². The van der Waals surface area contributed by atoms with Crippen molar-refractivity contribution in [2.24, 2.45) is 0 Å². The number of aryl methyl sites for hydroxylation is 1. The standard InChI is InChI=1S/C19H13NO4/c1-10-3-4-13-8-14(19(22)24-17(13)7-10)18-20-15-9-12(11(2)21)5-6-16(15)23-18/h3-9,21H,2H2,1H3. The predicted molar refractivity (Wildman–Crippen MR) is 91.9 cm³/mol. The molecule has 0 aliphatic rings. The number of fused-ring (bicyclic) bond motifs is 2. The number of benzene rings is 2. The number of hydrogen-bond donors (Lipinski definition) is 1. The highest BCUT2D eigenvalue weighted by Gasteiger charge is 2.15. The topological polar surface area (TPSA) is 76.5 Å². The molecule has 5 heteroatoms. The van der Waals surface area contributed by atoms with Crippen LogP contribution in [0.25, 0.3) is 39.3 Å². The van der Waals surface area contributed by atoms with Crippen LogP contribution in [0.2, 0.25) is 0 Å². The fraction of sp³-hybridized carbons (Fsp3) is 0.0526. The second-order valence-corrected chi connectivity index (χ2v) is 5.64. The molecule has 0 spiro atoms. The van der Waals surface area contributed by atoms with E-state index < -0.39 is 5.63 Å². The average Bonchev–Trinajstić information content (AvgIpc) is 2.96. The Morgan fingerprint density at radius 3 is 2.71 bits per heavy atom. The lowest BCUT2D eigenvalue weighted by Crippen LogP contribution is -2.02. The number of aromatic nitrogens is 1. The van der Waals surface area contributed by atoms with Gasteiger partial charge in [-0.3, -0.25) is 0 Å². The van der Waals surface area contributed by atoms with Gasteiger partial charge in [0.05, 0.1) is 0 Å². The molecule has 4 rings (SSSR count). The van der Waals surface area contributed by atoms with Gasteiger partial charge in [-0.1, -0.05) is 18.7 Å². The summed E-state index contributed by atoms with van der Waals surface area (Å²) in [7, 11) is 0. The zero-order valence-electron chi connectivity index (χ0n) is 12.9. The lowest BCUT2D eigenvalue weighted by atomic mass is 10.1. The van der Waals surface area contributed by atoms with Gasteiger partial charge in [0.1, 0.15) is 22.4 Å². The first-order valence-electron chi connectivity index (χ1n) is 7.35. The van der Waals surface area contributed by atoms with Crippen LogP contribution in [0, 0.1) is 6.92 Å². The largest absolute Gasteiger partial charge is 0.508 e. The molecule has 5 nitrogen and oxygen atoms in total. The molecule has 2 aromatic heterocycles.